The number of sulfonamides is 1. The largest absolute Gasteiger partial charge is 0.362 e. The molecule has 1 amide bonds. The summed E-state index contributed by atoms with van der Waals surface area (Å²) in [4.78, 5) is 19.2. The second-order valence-corrected chi connectivity index (χ2v) is 8.91. The van der Waals surface area contributed by atoms with E-state index in [1.165, 1.54) is 12.1 Å². The van der Waals surface area contributed by atoms with Crippen LogP contribution < -0.4 is 5.32 Å². The normalized spacial score (nSPS) is 15.7. The molecule has 4 rings (SSSR count). The number of aromatic nitrogens is 1. The first kappa shape index (κ1) is 20.0. The molecule has 30 heavy (non-hydrogen) atoms. The number of pyridine rings is 1. The minimum absolute atomic E-state index is 0.0430. The topological polar surface area (TPSA) is 91.7 Å². The summed E-state index contributed by atoms with van der Waals surface area (Å²) in [5.41, 5.74) is 2.24. The molecular formula is C22H22N4O3S. The zero-order valence-corrected chi connectivity index (χ0v) is 17.6. The first-order valence-corrected chi connectivity index (χ1v) is 11.1. The molecule has 3 aromatic rings. The first-order valence-electron chi connectivity index (χ1n) is 9.66. The number of hydrogen-bond donors (Lipinski definition) is 1. The number of amides is 1. The van der Waals surface area contributed by atoms with Crippen molar-refractivity contribution in [2.45, 2.75) is 24.7 Å². The van der Waals surface area contributed by atoms with Gasteiger partial charge in [0.2, 0.25) is 0 Å². The van der Waals surface area contributed by atoms with Crippen LogP contribution in [0.15, 0.2) is 63.9 Å². The lowest BCUT2D eigenvalue weighted by molar-refractivity contribution is 0.102. The number of benzene rings is 2. The number of nitrogens with one attached hydrogen (secondary N) is 1. The molecule has 0 saturated carbocycles. The molecule has 0 unspecified atom stereocenters. The lowest BCUT2D eigenvalue weighted by Gasteiger charge is -2.12. The van der Waals surface area contributed by atoms with Gasteiger partial charge in [0.15, 0.2) is 0 Å². The molecule has 1 N–H and O–H groups in total. The number of aryl methyl sites for hydroxylation is 1. The van der Waals surface area contributed by atoms with Crippen LogP contribution in [0.3, 0.4) is 0 Å². The molecule has 0 aliphatic carbocycles. The maximum atomic E-state index is 12.8. The van der Waals surface area contributed by atoms with Crippen LogP contribution in [0, 0.1) is 6.92 Å². The first-order chi connectivity index (χ1) is 14.3. The highest BCUT2D eigenvalue weighted by Gasteiger charge is 2.21. The fourth-order valence-corrected chi connectivity index (χ4v) is 4.62. The fraction of sp³-hybridized carbons (Fsp3) is 0.227. The molecule has 0 atom stereocenters. The minimum atomic E-state index is -3.85. The van der Waals surface area contributed by atoms with Gasteiger partial charge in [0.1, 0.15) is 5.84 Å². The Labute approximate surface area is 175 Å². The van der Waals surface area contributed by atoms with Crippen LogP contribution in [0.5, 0.6) is 0 Å². The molecule has 1 aliphatic rings. The Morgan fingerprint density at radius 3 is 2.70 bits per heavy atom. The smallest absolute Gasteiger partial charge is 0.284 e. The Morgan fingerprint density at radius 2 is 1.93 bits per heavy atom. The summed E-state index contributed by atoms with van der Waals surface area (Å²) in [7, 11) is -2.02. The molecule has 2 heterocycles. The Morgan fingerprint density at radius 1 is 1.13 bits per heavy atom. The van der Waals surface area contributed by atoms with Crippen molar-refractivity contribution >= 4 is 38.4 Å². The fourth-order valence-electron chi connectivity index (χ4n) is 3.48. The molecule has 1 fully saturated rings. The number of fused-ring (bicyclic) bond motifs is 1. The van der Waals surface area contributed by atoms with Gasteiger partial charge in [-0.25, -0.2) is 0 Å². The van der Waals surface area contributed by atoms with E-state index in [-0.39, 0.29) is 10.8 Å². The molecule has 0 bridgehead atoms. The monoisotopic (exact) mass is 422 g/mol. The van der Waals surface area contributed by atoms with Gasteiger partial charge in [0.25, 0.3) is 15.9 Å². The summed E-state index contributed by atoms with van der Waals surface area (Å²) >= 11 is 0. The maximum absolute atomic E-state index is 12.8. The number of hydrogen-bond acceptors (Lipinski definition) is 4. The van der Waals surface area contributed by atoms with Crippen LogP contribution in [0.1, 0.15) is 28.9 Å². The molecule has 154 valence electrons. The van der Waals surface area contributed by atoms with Crippen LogP contribution in [0.25, 0.3) is 10.9 Å². The van der Waals surface area contributed by atoms with E-state index in [2.05, 4.69) is 14.7 Å². The number of anilines is 1. The molecular weight excluding hydrogens is 400 g/mol. The van der Waals surface area contributed by atoms with Crippen molar-refractivity contribution in [1.82, 2.24) is 9.88 Å². The van der Waals surface area contributed by atoms with Gasteiger partial charge in [0, 0.05) is 31.1 Å². The molecule has 0 radical (unpaired) electrons. The van der Waals surface area contributed by atoms with E-state index in [4.69, 9.17) is 0 Å². The Balaban J connectivity index is 1.60. The number of rotatable bonds is 4. The van der Waals surface area contributed by atoms with Crippen molar-refractivity contribution in [3.05, 3.63) is 65.9 Å². The molecule has 8 heteroatoms. The average Bonchev–Trinajstić information content (AvgIpc) is 3.11. The Kier molecular flexibility index (Phi) is 5.26. The Bertz CT molecular complexity index is 1270. The van der Waals surface area contributed by atoms with Gasteiger partial charge in [-0.05, 0) is 43.7 Å². The van der Waals surface area contributed by atoms with Crippen LogP contribution in [0.4, 0.5) is 5.69 Å². The van der Waals surface area contributed by atoms with Crippen LogP contribution in [0.2, 0.25) is 0 Å². The average molecular weight is 423 g/mol. The molecule has 1 aromatic heterocycles. The highest BCUT2D eigenvalue weighted by Crippen LogP contribution is 2.22. The number of nitrogens with zero attached hydrogens (tertiary/aromatic N) is 3. The van der Waals surface area contributed by atoms with Crippen LogP contribution in [-0.2, 0) is 10.0 Å². The zero-order chi connectivity index (χ0) is 21.3. The highest BCUT2D eigenvalue weighted by molar-refractivity contribution is 7.90. The summed E-state index contributed by atoms with van der Waals surface area (Å²) in [6.45, 7) is 2.57. The number of carbonyl (C=O) groups excluding carboxylic acids is 1. The van der Waals surface area contributed by atoms with Crippen LogP contribution in [-0.4, -0.2) is 43.6 Å². The molecule has 1 aliphatic heterocycles. The third-order valence-electron chi connectivity index (χ3n) is 5.11. The molecule has 0 spiro atoms. The van der Waals surface area contributed by atoms with Gasteiger partial charge in [-0.1, -0.05) is 24.3 Å². The molecule has 2 aromatic carbocycles. The van der Waals surface area contributed by atoms with E-state index in [9.17, 15) is 13.2 Å². The van der Waals surface area contributed by atoms with E-state index in [1.807, 2.05) is 36.2 Å². The quantitative estimate of drug-likeness (QED) is 0.693. The zero-order valence-electron chi connectivity index (χ0n) is 16.8. The molecule has 7 nitrogen and oxygen atoms in total. The number of amidine groups is 1. The second-order valence-electron chi connectivity index (χ2n) is 7.30. The third kappa shape index (κ3) is 4.04. The minimum Gasteiger partial charge on any atom is -0.362 e. The number of likely N-dealkylation sites (tertiary alicyclic amines) is 1. The van der Waals surface area contributed by atoms with Gasteiger partial charge in [0.05, 0.1) is 21.7 Å². The molecule has 1 saturated heterocycles. The summed E-state index contributed by atoms with van der Waals surface area (Å²) < 4.78 is 29.4. The predicted molar refractivity (Wildman–Crippen MR) is 117 cm³/mol. The lowest BCUT2D eigenvalue weighted by atomic mass is 10.1. The van der Waals surface area contributed by atoms with E-state index in [0.717, 1.165) is 23.9 Å². The van der Waals surface area contributed by atoms with Crippen molar-refractivity contribution in [2.24, 2.45) is 4.40 Å². The third-order valence-corrected chi connectivity index (χ3v) is 6.41. The van der Waals surface area contributed by atoms with Crippen molar-refractivity contribution < 1.29 is 13.2 Å². The summed E-state index contributed by atoms with van der Waals surface area (Å²) in [6.07, 6.45) is 1.53. The van der Waals surface area contributed by atoms with Gasteiger partial charge in [-0.15, -0.1) is 4.40 Å². The van der Waals surface area contributed by atoms with E-state index in [1.54, 1.807) is 25.1 Å². The van der Waals surface area contributed by atoms with Gasteiger partial charge in [-0.2, -0.15) is 8.42 Å². The van der Waals surface area contributed by atoms with E-state index < -0.39 is 10.0 Å². The van der Waals surface area contributed by atoms with Crippen molar-refractivity contribution in [2.75, 3.05) is 18.9 Å². The summed E-state index contributed by atoms with van der Waals surface area (Å²) in [5.74, 6) is 0.212. The van der Waals surface area contributed by atoms with Gasteiger partial charge in [-0.3, -0.25) is 9.78 Å². The highest BCUT2D eigenvalue weighted by atomic mass is 32.2. The van der Waals surface area contributed by atoms with E-state index in [0.29, 0.717) is 29.2 Å². The van der Waals surface area contributed by atoms with Crippen LogP contribution >= 0.6 is 0 Å². The second kappa shape index (κ2) is 7.87. The van der Waals surface area contributed by atoms with Crippen molar-refractivity contribution in [3.8, 4) is 0 Å². The van der Waals surface area contributed by atoms with E-state index >= 15 is 0 Å². The van der Waals surface area contributed by atoms with Gasteiger partial charge >= 0.3 is 0 Å². The maximum Gasteiger partial charge on any atom is 0.284 e. The lowest BCUT2D eigenvalue weighted by Crippen LogP contribution is -2.20. The van der Waals surface area contributed by atoms with Gasteiger partial charge < -0.3 is 10.2 Å². The summed E-state index contributed by atoms with van der Waals surface area (Å²) in [5, 5.41) is 3.64. The SMILES string of the molecule is Cc1nc2ccccc2cc1C(=O)Nc1cccc(S(=O)(=O)/N=C2\CCCN2C)c1. The standard InChI is InChI=1S/C22H22N4O3S/c1-15-19(13-16-7-3-4-10-20(16)23-15)22(27)24-17-8-5-9-18(14-17)30(28,29)25-21-11-6-12-26(21)2/h3-5,7-10,13-14H,6,11-12H2,1-2H3,(H,24,27)/b25-21+. The van der Waals surface area contributed by atoms with Crippen molar-refractivity contribution in [3.63, 3.8) is 0 Å². The number of para-hydroxylation sites is 1. The predicted octanol–water partition coefficient (Wildman–Crippen LogP) is 3.61. The number of carbonyl (C=O) groups is 1. The summed E-state index contributed by atoms with van der Waals surface area (Å²) in [6, 6.07) is 15.5. The van der Waals surface area contributed by atoms with Crippen molar-refractivity contribution in [1.29, 1.82) is 0 Å². The Hall–Kier alpha value is -3.26.